The van der Waals surface area contributed by atoms with Crippen molar-refractivity contribution in [1.29, 1.82) is 0 Å². The Bertz CT molecular complexity index is 1110. The summed E-state index contributed by atoms with van der Waals surface area (Å²) in [6, 6.07) is 9.09. The van der Waals surface area contributed by atoms with Crippen LogP contribution in [0.25, 0.3) is 11.3 Å². The van der Waals surface area contributed by atoms with Crippen molar-refractivity contribution >= 4 is 23.1 Å². The second-order valence-electron chi connectivity index (χ2n) is 6.42. The molecule has 0 saturated heterocycles. The molecular formula is C20H19N7O2. The SMILES string of the molecule is CN1C/C(=C/N)Oc2ccccc2-c2cnc(N)c(n2)C(=O)Nc2cnccc21. The average Bonchev–Trinajstić information content (AvgIpc) is 2.74. The molecule has 1 amide bonds. The number of carbonyl (C=O) groups excluding carboxylic acids is 1. The van der Waals surface area contributed by atoms with Gasteiger partial charge in [0.15, 0.2) is 11.5 Å². The Morgan fingerprint density at radius 2 is 2.07 bits per heavy atom. The van der Waals surface area contributed by atoms with E-state index >= 15 is 0 Å². The van der Waals surface area contributed by atoms with Crippen molar-refractivity contribution < 1.29 is 9.53 Å². The van der Waals surface area contributed by atoms with Crippen LogP contribution in [0.3, 0.4) is 0 Å². The standard InChI is InChI=1S/C20H19N7O2/c1-27-11-12(8-21)29-17-5-3-2-4-13(17)14-10-24-19(22)18(25-14)20(28)26-15-9-23-7-6-16(15)27/h2-10H,11,21H2,1H3,(H2,22,24)(H,26,28)/b12-8-. The van der Waals surface area contributed by atoms with Gasteiger partial charge in [0.2, 0.25) is 0 Å². The van der Waals surface area contributed by atoms with Gasteiger partial charge in [-0.2, -0.15) is 0 Å². The number of nitrogens with two attached hydrogens (primary N) is 2. The molecule has 2 bridgehead atoms. The highest BCUT2D eigenvalue weighted by atomic mass is 16.5. The van der Waals surface area contributed by atoms with Crippen LogP contribution < -0.4 is 26.4 Å². The molecule has 146 valence electrons. The Balaban J connectivity index is 1.91. The molecule has 9 nitrogen and oxygen atoms in total. The Morgan fingerprint density at radius 3 is 2.90 bits per heavy atom. The first kappa shape index (κ1) is 18.2. The number of hydrogen-bond donors (Lipinski definition) is 3. The lowest BCUT2D eigenvalue weighted by Crippen LogP contribution is -2.25. The zero-order chi connectivity index (χ0) is 20.4. The van der Waals surface area contributed by atoms with Gasteiger partial charge < -0.3 is 26.4 Å². The molecule has 0 unspecified atom stereocenters. The second-order valence-corrected chi connectivity index (χ2v) is 6.42. The van der Waals surface area contributed by atoms with Crippen LogP contribution >= 0.6 is 0 Å². The molecule has 2 aromatic heterocycles. The van der Waals surface area contributed by atoms with Crippen LogP contribution in [0.1, 0.15) is 10.5 Å². The van der Waals surface area contributed by atoms with Crippen LogP contribution in [-0.4, -0.2) is 34.5 Å². The average molecular weight is 389 g/mol. The highest BCUT2D eigenvalue weighted by molar-refractivity contribution is 6.07. The third-order valence-electron chi connectivity index (χ3n) is 4.46. The molecule has 3 aromatic rings. The Kier molecular flexibility index (Phi) is 4.70. The molecule has 9 heteroatoms. The number of nitrogens with one attached hydrogen (secondary N) is 1. The highest BCUT2D eigenvalue weighted by Gasteiger charge is 2.20. The fourth-order valence-electron chi connectivity index (χ4n) is 3.04. The summed E-state index contributed by atoms with van der Waals surface area (Å²) in [5, 5.41) is 2.82. The third-order valence-corrected chi connectivity index (χ3v) is 4.46. The molecule has 3 heterocycles. The summed E-state index contributed by atoms with van der Waals surface area (Å²) >= 11 is 0. The van der Waals surface area contributed by atoms with Gasteiger partial charge in [-0.3, -0.25) is 9.78 Å². The molecule has 1 aromatic carbocycles. The number of rotatable bonds is 0. The summed E-state index contributed by atoms with van der Waals surface area (Å²) in [6.45, 7) is 0.364. The van der Waals surface area contributed by atoms with Gasteiger partial charge in [0, 0.05) is 25.0 Å². The molecule has 0 radical (unpaired) electrons. The number of pyridine rings is 1. The number of carbonyl (C=O) groups is 1. The number of nitrogens with zero attached hydrogens (tertiary/aromatic N) is 4. The number of fused-ring (bicyclic) bond motifs is 5. The van der Waals surface area contributed by atoms with Crippen molar-refractivity contribution in [2.24, 2.45) is 5.73 Å². The number of amides is 1. The van der Waals surface area contributed by atoms with Gasteiger partial charge in [-0.05, 0) is 18.2 Å². The number of para-hydroxylation sites is 1. The molecule has 5 N–H and O–H groups in total. The summed E-state index contributed by atoms with van der Waals surface area (Å²) in [6.07, 6.45) is 6.10. The van der Waals surface area contributed by atoms with Gasteiger partial charge in [0.05, 0.1) is 36.0 Å². The maximum Gasteiger partial charge on any atom is 0.278 e. The first-order valence-electron chi connectivity index (χ1n) is 8.84. The van der Waals surface area contributed by atoms with E-state index < -0.39 is 5.91 Å². The predicted octanol–water partition coefficient (Wildman–Crippen LogP) is 2.00. The molecule has 0 fully saturated rings. The largest absolute Gasteiger partial charge is 0.458 e. The van der Waals surface area contributed by atoms with Crippen LogP contribution in [0, 0.1) is 0 Å². The third kappa shape index (κ3) is 3.53. The fraction of sp³-hybridized carbons (Fsp3) is 0.100. The van der Waals surface area contributed by atoms with Crippen molar-refractivity contribution in [3.63, 3.8) is 0 Å². The van der Waals surface area contributed by atoms with Crippen LogP contribution in [0.5, 0.6) is 5.75 Å². The van der Waals surface area contributed by atoms with Crippen LogP contribution in [0.2, 0.25) is 0 Å². The van der Waals surface area contributed by atoms with E-state index in [-0.39, 0.29) is 11.5 Å². The van der Waals surface area contributed by atoms with Crippen molar-refractivity contribution in [2.75, 3.05) is 29.5 Å². The van der Waals surface area contributed by atoms with Crippen LogP contribution in [-0.2, 0) is 0 Å². The summed E-state index contributed by atoms with van der Waals surface area (Å²) in [4.78, 5) is 27.5. The quantitative estimate of drug-likeness (QED) is 0.532. The fourth-order valence-corrected chi connectivity index (χ4v) is 3.04. The number of ether oxygens (including phenoxy) is 1. The van der Waals surface area contributed by atoms with E-state index in [1.165, 1.54) is 12.4 Å². The van der Waals surface area contributed by atoms with E-state index in [2.05, 4.69) is 20.3 Å². The van der Waals surface area contributed by atoms with E-state index in [4.69, 9.17) is 16.2 Å². The highest BCUT2D eigenvalue weighted by Crippen LogP contribution is 2.32. The monoisotopic (exact) mass is 389 g/mol. The maximum absolute atomic E-state index is 12.9. The lowest BCUT2D eigenvalue weighted by Gasteiger charge is -2.23. The van der Waals surface area contributed by atoms with E-state index in [0.717, 1.165) is 5.69 Å². The molecule has 0 spiro atoms. The molecule has 1 aliphatic rings. The smallest absolute Gasteiger partial charge is 0.278 e. The summed E-state index contributed by atoms with van der Waals surface area (Å²) in [7, 11) is 1.86. The van der Waals surface area contributed by atoms with Crippen molar-refractivity contribution in [3.05, 3.63) is 66.6 Å². The number of hydrogen-bond acceptors (Lipinski definition) is 8. The van der Waals surface area contributed by atoms with Crippen molar-refractivity contribution in [1.82, 2.24) is 15.0 Å². The van der Waals surface area contributed by atoms with Gasteiger partial charge in [0.25, 0.3) is 5.91 Å². The summed E-state index contributed by atoms with van der Waals surface area (Å²) < 4.78 is 6.07. The number of anilines is 3. The first-order valence-corrected chi connectivity index (χ1v) is 8.84. The topological polar surface area (TPSA) is 132 Å². The van der Waals surface area contributed by atoms with Gasteiger partial charge in [0.1, 0.15) is 11.5 Å². The minimum absolute atomic E-state index is 0.0172. The number of nitrogen functional groups attached to an aromatic ring is 1. The lowest BCUT2D eigenvalue weighted by atomic mass is 10.1. The first-order chi connectivity index (χ1) is 14.1. The van der Waals surface area contributed by atoms with Gasteiger partial charge in [-0.25, -0.2) is 9.97 Å². The summed E-state index contributed by atoms with van der Waals surface area (Å²) in [5.74, 6) is 0.613. The lowest BCUT2D eigenvalue weighted by molar-refractivity contribution is 0.102. The normalized spacial score (nSPS) is 15.1. The van der Waals surface area contributed by atoms with Crippen molar-refractivity contribution in [2.45, 2.75) is 0 Å². The minimum atomic E-state index is -0.480. The zero-order valence-electron chi connectivity index (χ0n) is 15.7. The van der Waals surface area contributed by atoms with Gasteiger partial charge in [-0.1, -0.05) is 12.1 Å². The zero-order valence-corrected chi connectivity index (χ0v) is 15.7. The molecule has 0 saturated carbocycles. The summed E-state index contributed by atoms with van der Waals surface area (Å²) in [5.41, 5.74) is 14.1. The van der Waals surface area contributed by atoms with E-state index in [1.807, 2.05) is 30.1 Å². The number of likely N-dealkylation sites (N-methyl/N-ethyl adjacent to an activating group) is 1. The van der Waals surface area contributed by atoms with E-state index in [9.17, 15) is 4.79 Å². The number of aromatic nitrogens is 3. The molecule has 0 atom stereocenters. The Labute approximate surface area is 167 Å². The van der Waals surface area contributed by atoms with Crippen molar-refractivity contribution in [3.8, 4) is 17.0 Å². The molecular weight excluding hydrogens is 370 g/mol. The maximum atomic E-state index is 12.9. The van der Waals surface area contributed by atoms with Crippen LogP contribution in [0.4, 0.5) is 17.2 Å². The predicted molar refractivity (Wildman–Crippen MR) is 110 cm³/mol. The molecule has 29 heavy (non-hydrogen) atoms. The Morgan fingerprint density at radius 1 is 1.24 bits per heavy atom. The van der Waals surface area contributed by atoms with E-state index in [0.29, 0.717) is 35.0 Å². The minimum Gasteiger partial charge on any atom is -0.458 e. The molecule has 4 rings (SSSR count). The van der Waals surface area contributed by atoms with Gasteiger partial charge in [-0.15, -0.1) is 0 Å². The number of benzene rings is 1. The molecule has 0 aliphatic carbocycles. The van der Waals surface area contributed by atoms with E-state index in [1.54, 1.807) is 24.5 Å². The molecule has 1 aliphatic heterocycles. The van der Waals surface area contributed by atoms with Crippen LogP contribution in [0.15, 0.2) is 60.9 Å². The van der Waals surface area contributed by atoms with Gasteiger partial charge >= 0.3 is 0 Å². The second kappa shape index (κ2) is 7.47. The Hall–Kier alpha value is -4.14.